The second-order valence-corrected chi connectivity index (χ2v) is 5.49. The average molecular weight is 312 g/mol. The molecule has 0 spiro atoms. The van der Waals surface area contributed by atoms with E-state index in [1.54, 1.807) is 23.2 Å². The molecule has 1 unspecified atom stereocenters. The second kappa shape index (κ2) is 5.07. The quantitative estimate of drug-likeness (QED) is 0.923. The van der Waals surface area contributed by atoms with E-state index in [-0.39, 0.29) is 0 Å². The van der Waals surface area contributed by atoms with Crippen LogP contribution in [-0.2, 0) is 4.79 Å². The minimum absolute atomic E-state index is 0.404. The minimum Gasteiger partial charge on any atom is -0.480 e. The van der Waals surface area contributed by atoms with E-state index in [0.717, 1.165) is 6.42 Å². The van der Waals surface area contributed by atoms with Crippen molar-refractivity contribution < 1.29 is 9.90 Å². The Bertz CT molecular complexity index is 693. The van der Waals surface area contributed by atoms with E-state index in [9.17, 15) is 9.90 Å². The number of rotatable bonds is 2. The Morgan fingerprint density at radius 2 is 2.00 bits per heavy atom. The number of fused-ring (bicyclic) bond motifs is 1. The van der Waals surface area contributed by atoms with E-state index < -0.39 is 12.0 Å². The third-order valence-corrected chi connectivity index (χ3v) is 4.13. The number of aliphatic carboxylic acids is 1. The molecule has 0 aliphatic carbocycles. The number of carboxylic acid groups (broad SMARTS) is 1. The van der Waals surface area contributed by atoms with E-state index in [2.05, 4.69) is 9.97 Å². The van der Waals surface area contributed by atoms with Crippen LogP contribution in [0.4, 0.5) is 5.82 Å². The smallest absolute Gasteiger partial charge is 0.326 e. The molecule has 1 aromatic heterocycles. The molecular formula is C13H11Cl2N3O2. The van der Waals surface area contributed by atoms with Crippen molar-refractivity contribution in [3.8, 4) is 0 Å². The van der Waals surface area contributed by atoms with E-state index in [0.29, 0.717) is 39.9 Å². The molecule has 0 bridgehead atoms. The number of aromatic nitrogens is 2. The number of anilines is 1. The molecule has 1 aromatic carbocycles. The predicted molar refractivity (Wildman–Crippen MR) is 77.6 cm³/mol. The molecule has 1 aliphatic rings. The molecule has 2 aromatic rings. The summed E-state index contributed by atoms with van der Waals surface area (Å²) < 4.78 is 0. The van der Waals surface area contributed by atoms with Crippen molar-refractivity contribution in [1.82, 2.24) is 9.97 Å². The number of carboxylic acids is 1. The van der Waals surface area contributed by atoms with Crippen molar-refractivity contribution in [1.29, 1.82) is 0 Å². The summed E-state index contributed by atoms with van der Waals surface area (Å²) in [5, 5.41) is 10.0. The highest BCUT2D eigenvalue weighted by atomic mass is 35.5. The highest BCUT2D eigenvalue weighted by Gasteiger charge is 2.31. The van der Waals surface area contributed by atoms with Gasteiger partial charge in [-0.15, -0.1) is 0 Å². The van der Waals surface area contributed by atoms with Gasteiger partial charge in [0.1, 0.15) is 11.9 Å². The summed E-state index contributed by atoms with van der Waals surface area (Å²) in [7, 11) is 0. The van der Waals surface area contributed by atoms with E-state index in [1.807, 2.05) is 0 Å². The van der Waals surface area contributed by atoms with Crippen LogP contribution in [0.15, 0.2) is 18.3 Å². The lowest BCUT2D eigenvalue weighted by Gasteiger charge is -2.22. The molecule has 1 atom stereocenters. The molecular weight excluding hydrogens is 301 g/mol. The predicted octanol–water partition coefficient (Wildman–Crippen LogP) is 2.99. The monoisotopic (exact) mass is 311 g/mol. The van der Waals surface area contributed by atoms with Crippen LogP contribution in [0, 0.1) is 0 Å². The molecule has 0 saturated carbocycles. The van der Waals surface area contributed by atoms with Gasteiger partial charge in [0.2, 0.25) is 0 Å². The molecule has 1 N–H and O–H groups in total. The topological polar surface area (TPSA) is 66.3 Å². The summed E-state index contributed by atoms with van der Waals surface area (Å²) in [6, 6.07) is 2.75. The molecule has 20 heavy (non-hydrogen) atoms. The van der Waals surface area contributed by atoms with Gasteiger partial charge in [-0.1, -0.05) is 23.2 Å². The molecule has 7 heteroatoms. The van der Waals surface area contributed by atoms with Crippen molar-refractivity contribution >= 4 is 46.0 Å². The number of halogens is 2. The van der Waals surface area contributed by atoms with Crippen LogP contribution in [0.1, 0.15) is 12.8 Å². The van der Waals surface area contributed by atoms with E-state index in [4.69, 9.17) is 23.2 Å². The normalized spacial score (nSPS) is 18.7. The Hall–Kier alpha value is -1.59. The van der Waals surface area contributed by atoms with Gasteiger partial charge in [-0.2, -0.15) is 0 Å². The molecule has 104 valence electrons. The van der Waals surface area contributed by atoms with Crippen molar-refractivity contribution in [2.75, 3.05) is 11.4 Å². The Balaban J connectivity index is 2.04. The van der Waals surface area contributed by atoms with Crippen LogP contribution in [0.3, 0.4) is 0 Å². The molecule has 0 radical (unpaired) electrons. The Labute approximate surface area is 125 Å². The highest BCUT2D eigenvalue weighted by Crippen LogP contribution is 2.29. The van der Waals surface area contributed by atoms with Gasteiger partial charge in [-0.25, -0.2) is 9.78 Å². The first-order valence-electron chi connectivity index (χ1n) is 6.17. The molecule has 1 aliphatic heterocycles. The number of hydrogen-bond acceptors (Lipinski definition) is 4. The minimum atomic E-state index is -0.835. The number of nitrogens with zero attached hydrogens (tertiary/aromatic N) is 3. The summed E-state index contributed by atoms with van der Waals surface area (Å²) in [6.45, 7) is 0.665. The Morgan fingerprint density at radius 3 is 2.70 bits per heavy atom. The summed E-state index contributed by atoms with van der Waals surface area (Å²) in [6.07, 6.45) is 3.03. The Kier molecular flexibility index (Phi) is 3.40. The standard InChI is InChI=1S/C13H11Cl2N3O2/c14-7-4-9-10(5-8(7)15)17-12(6-16-9)18-3-1-2-11(18)13(19)20/h4-6,11H,1-3H2,(H,19,20). The summed E-state index contributed by atoms with van der Waals surface area (Å²) >= 11 is 11.9. The average Bonchev–Trinajstić information content (AvgIpc) is 2.89. The zero-order valence-electron chi connectivity index (χ0n) is 10.4. The molecule has 2 heterocycles. The molecule has 5 nitrogen and oxygen atoms in total. The van der Waals surface area contributed by atoms with Crippen LogP contribution < -0.4 is 4.90 Å². The first kappa shape index (κ1) is 13.4. The molecule has 0 amide bonds. The van der Waals surface area contributed by atoms with Crippen molar-refractivity contribution in [3.05, 3.63) is 28.4 Å². The molecule has 1 saturated heterocycles. The summed E-state index contributed by atoms with van der Waals surface area (Å²) in [5.41, 5.74) is 1.24. The Morgan fingerprint density at radius 1 is 1.30 bits per heavy atom. The number of carbonyl (C=O) groups is 1. The van der Waals surface area contributed by atoms with Gasteiger partial charge in [-0.3, -0.25) is 4.98 Å². The van der Waals surface area contributed by atoms with Gasteiger partial charge in [-0.05, 0) is 25.0 Å². The van der Waals surface area contributed by atoms with Crippen LogP contribution in [0.2, 0.25) is 10.0 Å². The first-order valence-corrected chi connectivity index (χ1v) is 6.93. The summed E-state index contributed by atoms with van der Waals surface area (Å²) in [5.74, 6) is -0.278. The van der Waals surface area contributed by atoms with Crippen molar-refractivity contribution in [3.63, 3.8) is 0 Å². The lowest BCUT2D eigenvalue weighted by Crippen LogP contribution is -2.36. The van der Waals surface area contributed by atoms with E-state index >= 15 is 0 Å². The maximum Gasteiger partial charge on any atom is 0.326 e. The highest BCUT2D eigenvalue weighted by molar-refractivity contribution is 6.42. The largest absolute Gasteiger partial charge is 0.480 e. The SMILES string of the molecule is O=C(O)C1CCCN1c1cnc2cc(Cl)c(Cl)cc2n1. The zero-order valence-corrected chi connectivity index (χ0v) is 11.9. The van der Waals surface area contributed by atoms with Crippen molar-refractivity contribution in [2.45, 2.75) is 18.9 Å². The maximum absolute atomic E-state index is 11.2. The maximum atomic E-state index is 11.2. The summed E-state index contributed by atoms with van der Waals surface area (Å²) in [4.78, 5) is 21.7. The third-order valence-electron chi connectivity index (χ3n) is 3.40. The van der Waals surface area contributed by atoms with Gasteiger partial charge in [0.15, 0.2) is 0 Å². The van der Waals surface area contributed by atoms with Gasteiger partial charge >= 0.3 is 5.97 Å². The first-order chi connectivity index (χ1) is 9.56. The number of benzene rings is 1. The molecule has 1 fully saturated rings. The van der Waals surface area contributed by atoms with Gasteiger partial charge < -0.3 is 10.0 Å². The van der Waals surface area contributed by atoms with Gasteiger partial charge in [0.25, 0.3) is 0 Å². The fourth-order valence-electron chi connectivity index (χ4n) is 2.43. The lowest BCUT2D eigenvalue weighted by molar-refractivity contribution is -0.138. The fraction of sp³-hybridized carbons (Fsp3) is 0.308. The van der Waals surface area contributed by atoms with Crippen LogP contribution in [0.25, 0.3) is 11.0 Å². The van der Waals surface area contributed by atoms with Crippen LogP contribution >= 0.6 is 23.2 Å². The number of hydrogen-bond donors (Lipinski definition) is 1. The van der Waals surface area contributed by atoms with Crippen LogP contribution in [-0.4, -0.2) is 33.6 Å². The van der Waals surface area contributed by atoms with Crippen LogP contribution in [0.5, 0.6) is 0 Å². The lowest BCUT2D eigenvalue weighted by atomic mass is 10.2. The van der Waals surface area contributed by atoms with Gasteiger partial charge in [0.05, 0.1) is 27.3 Å². The van der Waals surface area contributed by atoms with Gasteiger partial charge in [0, 0.05) is 6.54 Å². The second-order valence-electron chi connectivity index (χ2n) is 4.67. The molecule has 3 rings (SSSR count). The van der Waals surface area contributed by atoms with Crippen molar-refractivity contribution in [2.24, 2.45) is 0 Å². The third kappa shape index (κ3) is 2.27. The van der Waals surface area contributed by atoms with E-state index in [1.165, 1.54) is 0 Å². The zero-order chi connectivity index (χ0) is 14.3. The fourth-order valence-corrected chi connectivity index (χ4v) is 2.75.